The Bertz CT molecular complexity index is 3580. The predicted octanol–water partition coefficient (Wildman–Crippen LogP) is 13.8. The highest BCUT2D eigenvalue weighted by molar-refractivity contribution is 7.26. The fraction of sp³-hybridized carbons (Fsp3) is 0. The number of benzene rings is 7. The van der Waals surface area contributed by atoms with Crippen LogP contribution in [0.15, 0.2) is 188 Å². The summed E-state index contributed by atoms with van der Waals surface area (Å²) in [6.07, 6.45) is 1.97. The van der Waals surface area contributed by atoms with Crippen LogP contribution in [0, 0.1) is 0 Å². The molecule has 0 spiro atoms. The van der Waals surface area contributed by atoms with E-state index in [1.165, 1.54) is 52.5 Å². The second kappa shape index (κ2) is 12.0. The van der Waals surface area contributed by atoms with Gasteiger partial charge in [0.15, 0.2) is 5.82 Å². The van der Waals surface area contributed by atoms with Crippen LogP contribution in [0.5, 0.6) is 0 Å². The van der Waals surface area contributed by atoms with Gasteiger partial charge in [-0.05, 0) is 60.2 Å². The molecule has 0 saturated heterocycles. The van der Waals surface area contributed by atoms with Crippen LogP contribution in [0.3, 0.4) is 0 Å². The van der Waals surface area contributed by atoms with Crippen LogP contribution >= 0.6 is 11.3 Å². The van der Waals surface area contributed by atoms with Crippen LogP contribution < -0.4 is 0 Å². The molecule has 0 bridgehead atoms. The molecule has 0 N–H and O–H groups in total. The number of thiophene rings is 1. The molecule has 0 unspecified atom stereocenters. The fourth-order valence-electron chi connectivity index (χ4n) is 9.49. The first-order valence-electron chi connectivity index (χ1n) is 19.6. The molecule has 0 saturated carbocycles. The molecule has 7 aromatic carbocycles. The molecule has 13 rings (SSSR count). The van der Waals surface area contributed by atoms with E-state index in [1.54, 1.807) is 0 Å². The van der Waals surface area contributed by atoms with Gasteiger partial charge in [-0.1, -0.05) is 127 Å². The summed E-state index contributed by atoms with van der Waals surface area (Å²) in [6.45, 7) is 0. The lowest BCUT2D eigenvalue weighted by Crippen LogP contribution is -2.05. The summed E-state index contributed by atoms with van der Waals surface area (Å²) < 4.78 is 9.50. The minimum absolute atomic E-state index is 0.858. The number of rotatable bonds is 4. The Morgan fingerprint density at radius 2 is 0.828 bits per heavy atom. The van der Waals surface area contributed by atoms with E-state index in [4.69, 9.17) is 9.97 Å². The predicted molar refractivity (Wildman–Crippen MR) is 243 cm³/mol. The van der Waals surface area contributed by atoms with E-state index in [0.29, 0.717) is 0 Å². The summed E-state index contributed by atoms with van der Waals surface area (Å²) >= 11 is 1.81. The maximum Gasteiger partial charge on any atom is 0.155 e. The van der Waals surface area contributed by atoms with Gasteiger partial charge in [0.2, 0.25) is 0 Å². The van der Waals surface area contributed by atoms with Gasteiger partial charge in [-0.2, -0.15) is 0 Å². The minimum Gasteiger partial charge on any atom is -0.294 e. The number of pyridine rings is 2. The van der Waals surface area contributed by atoms with E-state index in [-0.39, 0.29) is 0 Å². The monoisotopic (exact) mass is 757 g/mol. The topological polar surface area (TPSA) is 40.6 Å². The SMILES string of the molecule is c1ccc2c(c1)sc1c(-n3c4ccccc4c4cccc(-c5cc(-n6c7ccccc7c7ccccc76)nc(-n6c7ccccc7c7ccccc76)c5)c43)nccc12. The Morgan fingerprint density at radius 3 is 1.38 bits per heavy atom. The lowest BCUT2D eigenvalue weighted by Gasteiger charge is -2.16. The highest BCUT2D eigenvalue weighted by Gasteiger charge is 2.23. The lowest BCUT2D eigenvalue weighted by molar-refractivity contribution is 1.01. The van der Waals surface area contributed by atoms with Crippen molar-refractivity contribution < 1.29 is 0 Å². The van der Waals surface area contributed by atoms with Crippen molar-refractivity contribution in [2.24, 2.45) is 0 Å². The Kier molecular flexibility index (Phi) is 6.54. The fourth-order valence-corrected chi connectivity index (χ4v) is 10.7. The van der Waals surface area contributed by atoms with Crippen LogP contribution in [0.2, 0.25) is 0 Å². The first kappa shape index (κ1) is 31.6. The maximum atomic E-state index is 5.62. The number of hydrogen-bond acceptors (Lipinski definition) is 3. The maximum absolute atomic E-state index is 5.62. The van der Waals surface area contributed by atoms with E-state index < -0.39 is 0 Å². The molecule has 13 aromatic rings. The van der Waals surface area contributed by atoms with Gasteiger partial charge in [0.25, 0.3) is 0 Å². The van der Waals surface area contributed by atoms with Gasteiger partial charge < -0.3 is 0 Å². The summed E-state index contributed by atoms with van der Waals surface area (Å²) in [6, 6.07) is 65.5. The Morgan fingerprint density at radius 1 is 0.379 bits per heavy atom. The van der Waals surface area contributed by atoms with E-state index >= 15 is 0 Å². The van der Waals surface area contributed by atoms with Gasteiger partial charge in [0.05, 0.1) is 37.8 Å². The molecule has 0 radical (unpaired) electrons. The van der Waals surface area contributed by atoms with Crippen LogP contribution in [0.1, 0.15) is 0 Å². The number of fused-ring (bicyclic) bond motifs is 12. The van der Waals surface area contributed by atoms with Crippen LogP contribution in [0.25, 0.3) is 114 Å². The Balaban J connectivity index is 1.18. The van der Waals surface area contributed by atoms with Gasteiger partial charge in [-0.25, -0.2) is 9.97 Å². The number of aromatic nitrogens is 5. The van der Waals surface area contributed by atoms with Gasteiger partial charge >= 0.3 is 0 Å². The zero-order valence-corrected chi connectivity index (χ0v) is 31.9. The molecule has 270 valence electrons. The van der Waals surface area contributed by atoms with Crippen LogP contribution in [0.4, 0.5) is 0 Å². The van der Waals surface area contributed by atoms with E-state index in [1.807, 2.05) is 17.5 Å². The zero-order valence-electron chi connectivity index (χ0n) is 31.0. The third-order valence-corrected chi connectivity index (χ3v) is 13.1. The lowest BCUT2D eigenvalue weighted by atomic mass is 10.0. The molecule has 0 aliphatic carbocycles. The smallest absolute Gasteiger partial charge is 0.155 e. The molecule has 6 heterocycles. The van der Waals surface area contributed by atoms with Crippen LogP contribution in [-0.4, -0.2) is 23.7 Å². The van der Waals surface area contributed by atoms with Crippen LogP contribution in [-0.2, 0) is 0 Å². The normalized spacial score (nSPS) is 12.1. The molecule has 6 heteroatoms. The van der Waals surface area contributed by atoms with E-state index in [2.05, 4.69) is 196 Å². The first-order chi connectivity index (χ1) is 28.8. The minimum atomic E-state index is 0.858. The number of nitrogens with zero attached hydrogens (tertiary/aromatic N) is 5. The second-order valence-electron chi connectivity index (χ2n) is 15.0. The van der Waals surface area contributed by atoms with Crippen molar-refractivity contribution in [2.75, 3.05) is 0 Å². The van der Waals surface area contributed by atoms with Crippen molar-refractivity contribution in [1.29, 1.82) is 0 Å². The molecule has 0 atom stereocenters. The molecular weight excluding hydrogens is 727 g/mol. The Hall–Kier alpha value is -7.54. The summed E-state index contributed by atoms with van der Waals surface area (Å²) in [5.74, 6) is 2.66. The molecule has 0 fully saturated rings. The summed E-state index contributed by atoms with van der Waals surface area (Å²) in [5.41, 5.74) is 8.91. The first-order valence-corrected chi connectivity index (χ1v) is 20.4. The Labute approximate surface area is 335 Å². The highest BCUT2D eigenvalue weighted by Crippen LogP contribution is 2.44. The summed E-state index contributed by atoms with van der Waals surface area (Å²) in [7, 11) is 0. The van der Waals surface area contributed by atoms with Crippen molar-refractivity contribution >= 4 is 96.9 Å². The van der Waals surface area contributed by atoms with Gasteiger partial charge in [0, 0.05) is 59.6 Å². The van der Waals surface area contributed by atoms with Crippen molar-refractivity contribution in [3.05, 3.63) is 188 Å². The largest absolute Gasteiger partial charge is 0.294 e. The molecule has 5 nitrogen and oxygen atoms in total. The van der Waals surface area contributed by atoms with Crippen molar-refractivity contribution in [2.45, 2.75) is 0 Å². The molecule has 58 heavy (non-hydrogen) atoms. The number of hydrogen-bond donors (Lipinski definition) is 0. The molecule has 0 amide bonds. The third-order valence-electron chi connectivity index (χ3n) is 11.9. The van der Waals surface area contributed by atoms with Gasteiger partial charge in [0.1, 0.15) is 11.6 Å². The number of para-hydroxylation sites is 6. The molecule has 0 aliphatic rings. The summed E-state index contributed by atoms with van der Waals surface area (Å²) in [5, 5.41) is 9.66. The van der Waals surface area contributed by atoms with Gasteiger partial charge in [-0.15, -0.1) is 11.3 Å². The quantitative estimate of drug-likeness (QED) is 0.179. The highest BCUT2D eigenvalue weighted by atomic mass is 32.1. The van der Waals surface area contributed by atoms with Gasteiger partial charge in [-0.3, -0.25) is 13.7 Å². The van der Waals surface area contributed by atoms with Crippen molar-refractivity contribution in [3.8, 4) is 28.6 Å². The molecule has 6 aromatic heterocycles. The average Bonchev–Trinajstić information content (AvgIpc) is 4.03. The van der Waals surface area contributed by atoms with Crippen molar-refractivity contribution in [1.82, 2.24) is 23.7 Å². The zero-order chi connectivity index (χ0) is 37.9. The second-order valence-corrected chi connectivity index (χ2v) is 16.0. The summed E-state index contributed by atoms with van der Waals surface area (Å²) in [4.78, 5) is 10.8. The third kappa shape index (κ3) is 4.35. The van der Waals surface area contributed by atoms with E-state index in [0.717, 1.165) is 61.7 Å². The van der Waals surface area contributed by atoms with E-state index in [9.17, 15) is 0 Å². The van der Waals surface area contributed by atoms with Crippen molar-refractivity contribution in [3.63, 3.8) is 0 Å². The molecule has 0 aliphatic heterocycles. The standard InChI is InChI=1S/C52H31N5S/c1-7-22-42-34(14-1)35-15-2-8-23-43(35)55(42)48-30-32(31-49(54-48)56-44-24-9-3-16-36(44)37-17-4-10-25-45(37)56)33-20-13-21-40-38-18-5-11-26-46(38)57(50(33)40)52-51-41(28-29-53-52)39-19-6-12-27-47(39)58-51/h1-31H. The average molecular weight is 758 g/mol. The molecular formula is C52H31N5S.